The summed E-state index contributed by atoms with van der Waals surface area (Å²) in [7, 11) is 0. The van der Waals surface area contributed by atoms with Crippen molar-refractivity contribution in [2.24, 2.45) is 0 Å². The number of benzene rings is 1. The average molecular weight is 326 g/mol. The summed E-state index contributed by atoms with van der Waals surface area (Å²) in [6, 6.07) is 6.25. The Hall–Kier alpha value is -2.14. The maximum absolute atomic E-state index is 12.7. The van der Waals surface area contributed by atoms with E-state index in [1.807, 2.05) is 30.5 Å². The van der Waals surface area contributed by atoms with Gasteiger partial charge in [0.1, 0.15) is 11.4 Å². The summed E-state index contributed by atoms with van der Waals surface area (Å²) >= 11 is 1.62. The van der Waals surface area contributed by atoms with Crippen LogP contribution < -0.4 is 4.74 Å². The van der Waals surface area contributed by atoms with E-state index in [0.29, 0.717) is 6.42 Å². The number of hydrogen-bond acceptors (Lipinski definition) is 4. The number of carbonyl (C=O) groups is 1. The van der Waals surface area contributed by atoms with Gasteiger partial charge in [-0.1, -0.05) is 12.1 Å². The van der Waals surface area contributed by atoms with E-state index in [1.54, 1.807) is 11.3 Å². The number of thiazole rings is 1. The first-order chi connectivity index (χ1) is 11.1. The number of rotatable bonds is 4. The highest BCUT2D eigenvalue weighted by atomic mass is 32.1. The van der Waals surface area contributed by atoms with Gasteiger partial charge in [-0.3, -0.25) is 9.20 Å². The number of imidazole rings is 1. The van der Waals surface area contributed by atoms with Gasteiger partial charge in [-0.25, -0.2) is 4.98 Å². The highest BCUT2D eigenvalue weighted by Crippen LogP contribution is 2.27. The lowest BCUT2D eigenvalue weighted by Crippen LogP contribution is -2.06. The van der Waals surface area contributed by atoms with Crippen LogP contribution in [-0.2, 0) is 12.8 Å². The van der Waals surface area contributed by atoms with E-state index in [9.17, 15) is 4.79 Å². The number of carbonyl (C=O) groups excluding carboxylic acids is 1. The number of nitrogens with zero attached hydrogens (tertiary/aromatic N) is 2. The summed E-state index contributed by atoms with van der Waals surface area (Å²) in [5.74, 6) is 1.15. The first-order valence-corrected chi connectivity index (χ1v) is 8.66. The number of aryl methyl sites for hydroxylation is 3. The minimum absolute atomic E-state index is 0.157. The predicted molar refractivity (Wildman–Crippen MR) is 90.8 cm³/mol. The van der Waals surface area contributed by atoms with Crippen LogP contribution in [0.3, 0.4) is 0 Å². The molecule has 4 rings (SSSR count). The number of Topliss-reactive ketones (excluding diaryl/α,β-unsaturated/α-hetero) is 1. The van der Waals surface area contributed by atoms with Crippen LogP contribution in [0.1, 0.15) is 38.6 Å². The third-order valence-electron chi connectivity index (χ3n) is 4.27. The normalized spacial score (nSPS) is 13.3. The number of fused-ring (bicyclic) bond motifs is 2. The zero-order valence-corrected chi connectivity index (χ0v) is 14.1. The Kier molecular flexibility index (Phi) is 3.45. The molecule has 0 spiro atoms. The van der Waals surface area contributed by atoms with Crippen LogP contribution in [0.5, 0.6) is 5.75 Å². The molecule has 0 aliphatic carbocycles. The molecular weight excluding hydrogens is 308 g/mol. The van der Waals surface area contributed by atoms with Crippen molar-refractivity contribution in [2.75, 3.05) is 6.61 Å². The van der Waals surface area contributed by atoms with Gasteiger partial charge in [0.2, 0.25) is 0 Å². The molecule has 3 heterocycles. The van der Waals surface area contributed by atoms with Crippen molar-refractivity contribution in [1.29, 1.82) is 0 Å². The van der Waals surface area contributed by atoms with Gasteiger partial charge in [0.15, 0.2) is 10.7 Å². The monoisotopic (exact) mass is 326 g/mol. The van der Waals surface area contributed by atoms with Crippen LogP contribution in [0, 0.1) is 13.8 Å². The van der Waals surface area contributed by atoms with Crippen molar-refractivity contribution >= 4 is 22.1 Å². The van der Waals surface area contributed by atoms with E-state index in [1.165, 1.54) is 16.0 Å². The largest absolute Gasteiger partial charge is 0.493 e. The molecule has 0 saturated heterocycles. The smallest absolute Gasteiger partial charge is 0.194 e. The topological polar surface area (TPSA) is 43.6 Å². The van der Waals surface area contributed by atoms with Gasteiger partial charge in [0.05, 0.1) is 12.3 Å². The molecule has 0 unspecified atom stereocenters. The standard InChI is InChI=1S/C18H18N2O2S/c1-11-10-20-17(12(2)19-18(20)23-11)15(21)5-3-13-4-6-16-14(9-13)7-8-22-16/h4,6,9-10H,3,5,7-8H2,1-2H3. The van der Waals surface area contributed by atoms with E-state index in [0.717, 1.165) is 41.5 Å². The molecule has 0 bridgehead atoms. The predicted octanol–water partition coefficient (Wildman–Crippen LogP) is 3.76. The number of hydrogen-bond donors (Lipinski definition) is 0. The maximum Gasteiger partial charge on any atom is 0.194 e. The first-order valence-electron chi connectivity index (χ1n) is 7.85. The van der Waals surface area contributed by atoms with Gasteiger partial charge in [-0.2, -0.15) is 0 Å². The minimum Gasteiger partial charge on any atom is -0.493 e. The fourth-order valence-corrected chi connectivity index (χ4v) is 4.04. The van der Waals surface area contributed by atoms with Gasteiger partial charge in [0.25, 0.3) is 0 Å². The Morgan fingerprint density at radius 1 is 1.39 bits per heavy atom. The van der Waals surface area contributed by atoms with Crippen molar-refractivity contribution in [3.8, 4) is 5.75 Å². The highest BCUT2D eigenvalue weighted by molar-refractivity contribution is 7.17. The average Bonchev–Trinajstić information content (AvgIpc) is 3.17. The molecule has 4 nitrogen and oxygen atoms in total. The molecule has 2 aromatic heterocycles. The molecule has 0 N–H and O–H groups in total. The lowest BCUT2D eigenvalue weighted by Gasteiger charge is -2.04. The second-order valence-electron chi connectivity index (χ2n) is 6.00. The Bertz CT molecular complexity index is 907. The van der Waals surface area contributed by atoms with Crippen LogP contribution in [0.4, 0.5) is 0 Å². The van der Waals surface area contributed by atoms with Crippen molar-refractivity contribution in [1.82, 2.24) is 9.38 Å². The quantitative estimate of drug-likeness (QED) is 0.686. The summed E-state index contributed by atoms with van der Waals surface area (Å²) in [5.41, 5.74) is 4.01. The molecule has 118 valence electrons. The molecule has 1 aliphatic rings. The van der Waals surface area contributed by atoms with Crippen LogP contribution in [0.15, 0.2) is 24.4 Å². The molecule has 3 aromatic rings. The molecule has 23 heavy (non-hydrogen) atoms. The third kappa shape index (κ3) is 2.55. The second-order valence-corrected chi connectivity index (χ2v) is 7.22. The van der Waals surface area contributed by atoms with Crippen LogP contribution in [0.2, 0.25) is 0 Å². The van der Waals surface area contributed by atoms with Crippen molar-refractivity contribution in [3.05, 3.63) is 51.8 Å². The number of aromatic nitrogens is 2. The zero-order valence-electron chi connectivity index (χ0n) is 13.3. The summed E-state index contributed by atoms with van der Waals surface area (Å²) < 4.78 is 7.47. The van der Waals surface area contributed by atoms with Crippen LogP contribution in [0.25, 0.3) is 4.96 Å². The van der Waals surface area contributed by atoms with Crippen LogP contribution in [-0.4, -0.2) is 21.8 Å². The Morgan fingerprint density at radius 2 is 2.26 bits per heavy atom. The maximum atomic E-state index is 12.7. The Labute approximate surface area is 138 Å². The number of ether oxygens (including phenoxy) is 1. The van der Waals surface area contributed by atoms with Crippen molar-refractivity contribution in [3.63, 3.8) is 0 Å². The summed E-state index contributed by atoms with van der Waals surface area (Å²) in [4.78, 5) is 19.2. The second kappa shape index (κ2) is 5.49. The molecule has 0 amide bonds. The summed E-state index contributed by atoms with van der Waals surface area (Å²) in [6.45, 7) is 4.72. The Morgan fingerprint density at radius 3 is 3.13 bits per heavy atom. The van der Waals surface area contributed by atoms with Gasteiger partial charge in [-0.15, -0.1) is 11.3 Å². The lowest BCUT2D eigenvalue weighted by atomic mass is 10.0. The highest BCUT2D eigenvalue weighted by Gasteiger charge is 2.18. The zero-order chi connectivity index (χ0) is 16.0. The van der Waals surface area contributed by atoms with Crippen LogP contribution >= 0.6 is 11.3 Å². The SMILES string of the molecule is Cc1cn2c(C(=O)CCc3ccc4c(c3)CCO4)c(C)nc2s1. The van der Waals surface area contributed by atoms with E-state index < -0.39 is 0 Å². The minimum atomic E-state index is 0.157. The number of ketones is 1. The van der Waals surface area contributed by atoms with E-state index in [4.69, 9.17) is 4.74 Å². The van der Waals surface area contributed by atoms with E-state index >= 15 is 0 Å². The van der Waals surface area contributed by atoms with Gasteiger partial charge < -0.3 is 4.74 Å². The molecule has 5 heteroatoms. The fourth-order valence-electron chi connectivity index (χ4n) is 3.17. The van der Waals surface area contributed by atoms with Gasteiger partial charge in [0, 0.05) is 23.9 Å². The van der Waals surface area contributed by atoms with Gasteiger partial charge in [-0.05, 0) is 37.5 Å². The molecule has 0 atom stereocenters. The third-order valence-corrected chi connectivity index (χ3v) is 5.17. The van der Waals surface area contributed by atoms with E-state index in [2.05, 4.69) is 17.1 Å². The first kappa shape index (κ1) is 14.5. The molecule has 0 fully saturated rings. The molecule has 0 saturated carbocycles. The molecule has 1 aliphatic heterocycles. The van der Waals surface area contributed by atoms with Gasteiger partial charge >= 0.3 is 0 Å². The molecule has 0 radical (unpaired) electrons. The summed E-state index contributed by atoms with van der Waals surface area (Å²) in [5, 5.41) is 0. The fraction of sp³-hybridized carbons (Fsp3) is 0.333. The lowest BCUT2D eigenvalue weighted by molar-refractivity contribution is 0.0976. The summed E-state index contributed by atoms with van der Waals surface area (Å²) in [6.07, 6.45) is 4.22. The van der Waals surface area contributed by atoms with E-state index in [-0.39, 0.29) is 5.78 Å². The van der Waals surface area contributed by atoms with Crippen molar-refractivity contribution in [2.45, 2.75) is 33.1 Å². The molecular formula is C18H18N2O2S. The molecule has 1 aromatic carbocycles. The Balaban J connectivity index is 1.54. The van der Waals surface area contributed by atoms with Crippen molar-refractivity contribution < 1.29 is 9.53 Å².